The van der Waals surface area contributed by atoms with Gasteiger partial charge in [-0.05, 0) is 24.3 Å². The zero-order valence-corrected chi connectivity index (χ0v) is 11.9. The molecular weight excluding hydrogens is 290 g/mol. The summed E-state index contributed by atoms with van der Waals surface area (Å²) in [7, 11) is -4.60. The van der Waals surface area contributed by atoms with E-state index in [1.54, 1.807) is 0 Å². The minimum Gasteiger partial charge on any atom is -0.325 e. The fourth-order valence-electron chi connectivity index (χ4n) is 1.33. The molecule has 0 aliphatic heterocycles. The van der Waals surface area contributed by atoms with Crippen LogP contribution in [0, 0.1) is 0 Å². The van der Waals surface area contributed by atoms with Gasteiger partial charge in [0.15, 0.2) is 0 Å². The van der Waals surface area contributed by atoms with Gasteiger partial charge in [-0.3, -0.25) is 4.79 Å². The van der Waals surface area contributed by atoms with Crippen LogP contribution in [-0.2, 0) is 14.6 Å². The minimum absolute atomic E-state index is 0.106. The van der Waals surface area contributed by atoms with E-state index in [4.69, 9.17) is 0 Å². The lowest BCUT2D eigenvalue weighted by Crippen LogP contribution is -2.32. The van der Waals surface area contributed by atoms with Gasteiger partial charge in [-0.15, -0.1) is 0 Å². The first-order chi connectivity index (χ1) is 9.23. The Bertz CT molecular complexity index is 557. The molecule has 0 atom stereocenters. The monoisotopic (exact) mass is 306 g/mol. The van der Waals surface area contributed by atoms with E-state index in [9.17, 15) is 22.0 Å². The van der Waals surface area contributed by atoms with E-state index in [2.05, 4.69) is 10.6 Å². The highest BCUT2D eigenvalue weighted by Crippen LogP contribution is 2.20. The first kappa shape index (κ1) is 16.5. The molecule has 1 amide bonds. The molecule has 0 radical (unpaired) electrons. The van der Waals surface area contributed by atoms with Gasteiger partial charge in [-0.1, -0.05) is 13.8 Å². The van der Waals surface area contributed by atoms with Crippen molar-refractivity contribution in [1.82, 2.24) is 5.32 Å². The Hall–Kier alpha value is -1.54. The van der Waals surface area contributed by atoms with Gasteiger partial charge in [0.05, 0.1) is 11.4 Å². The summed E-state index contributed by atoms with van der Waals surface area (Å²) in [5.74, 6) is -3.76. The number of carbonyl (C=O) groups is 1. The number of halogens is 2. The Morgan fingerprint density at radius 1 is 1.20 bits per heavy atom. The summed E-state index contributed by atoms with van der Waals surface area (Å²) in [6.07, 6.45) is 0. The van der Waals surface area contributed by atoms with Crippen LogP contribution in [0.15, 0.2) is 29.2 Å². The maximum atomic E-state index is 12.3. The van der Waals surface area contributed by atoms with Crippen molar-refractivity contribution in [2.24, 2.45) is 0 Å². The van der Waals surface area contributed by atoms with Crippen molar-refractivity contribution in [2.75, 3.05) is 11.9 Å². The Balaban J connectivity index is 2.71. The molecule has 1 aromatic rings. The highest BCUT2D eigenvalue weighted by Gasteiger charge is 2.26. The maximum absolute atomic E-state index is 12.3. The largest absolute Gasteiger partial charge is 0.341 e. The third-order valence-electron chi connectivity index (χ3n) is 2.37. The predicted octanol–water partition coefficient (Wildman–Crippen LogP) is 1.62. The molecule has 1 rings (SSSR count). The van der Waals surface area contributed by atoms with Gasteiger partial charge < -0.3 is 10.6 Å². The van der Waals surface area contributed by atoms with E-state index in [-0.39, 0.29) is 18.5 Å². The molecule has 8 heteroatoms. The van der Waals surface area contributed by atoms with Crippen molar-refractivity contribution in [1.29, 1.82) is 0 Å². The fourth-order valence-corrected chi connectivity index (χ4v) is 2.05. The van der Waals surface area contributed by atoms with E-state index in [0.29, 0.717) is 5.69 Å². The average Bonchev–Trinajstić information content (AvgIpc) is 2.37. The van der Waals surface area contributed by atoms with E-state index in [0.717, 1.165) is 12.1 Å². The van der Waals surface area contributed by atoms with Gasteiger partial charge in [0.2, 0.25) is 15.7 Å². The molecule has 5 nitrogen and oxygen atoms in total. The van der Waals surface area contributed by atoms with Crippen molar-refractivity contribution in [2.45, 2.75) is 30.5 Å². The lowest BCUT2D eigenvalue weighted by atomic mass is 10.3. The highest BCUT2D eigenvalue weighted by atomic mass is 32.2. The number of sulfone groups is 1. The lowest BCUT2D eigenvalue weighted by molar-refractivity contribution is -0.115. The minimum atomic E-state index is -4.60. The summed E-state index contributed by atoms with van der Waals surface area (Å²) in [6, 6.07) is 4.75. The van der Waals surface area contributed by atoms with Crippen LogP contribution in [-0.4, -0.2) is 32.7 Å². The smallest absolute Gasteiger partial charge is 0.325 e. The van der Waals surface area contributed by atoms with Crippen LogP contribution in [0.1, 0.15) is 13.8 Å². The van der Waals surface area contributed by atoms with Gasteiger partial charge in [0, 0.05) is 11.7 Å². The number of hydrogen-bond donors (Lipinski definition) is 2. The molecule has 0 saturated carbocycles. The van der Waals surface area contributed by atoms with Gasteiger partial charge in [-0.25, -0.2) is 8.42 Å². The van der Waals surface area contributed by atoms with Crippen molar-refractivity contribution in [3.05, 3.63) is 24.3 Å². The Morgan fingerprint density at radius 2 is 1.75 bits per heavy atom. The number of amides is 1. The van der Waals surface area contributed by atoms with Crippen LogP contribution in [0.25, 0.3) is 0 Å². The molecule has 0 bridgehead atoms. The van der Waals surface area contributed by atoms with Crippen LogP contribution in [0.2, 0.25) is 0 Å². The molecule has 20 heavy (non-hydrogen) atoms. The second-order valence-electron chi connectivity index (χ2n) is 4.41. The third kappa shape index (κ3) is 4.53. The lowest BCUT2D eigenvalue weighted by Gasteiger charge is -2.09. The SMILES string of the molecule is CC(C)NCC(=O)Nc1ccc(S(=O)(=O)C(F)F)cc1. The first-order valence-corrected chi connectivity index (χ1v) is 7.43. The molecule has 0 saturated heterocycles. The number of rotatable bonds is 6. The standard InChI is InChI=1S/C12H16F2N2O3S/c1-8(2)15-7-11(17)16-9-3-5-10(6-4-9)20(18,19)12(13)14/h3-6,8,12,15H,7H2,1-2H3,(H,16,17). The van der Waals surface area contributed by atoms with E-state index in [1.165, 1.54) is 12.1 Å². The molecule has 0 aliphatic carbocycles. The molecule has 2 N–H and O–H groups in total. The molecule has 112 valence electrons. The number of alkyl halides is 2. The maximum Gasteiger partial charge on any atom is 0.341 e. The van der Waals surface area contributed by atoms with E-state index >= 15 is 0 Å². The topological polar surface area (TPSA) is 75.3 Å². The number of hydrogen-bond acceptors (Lipinski definition) is 4. The predicted molar refractivity (Wildman–Crippen MR) is 71.4 cm³/mol. The molecule has 1 aromatic carbocycles. The van der Waals surface area contributed by atoms with Crippen LogP contribution in [0.5, 0.6) is 0 Å². The summed E-state index contributed by atoms with van der Waals surface area (Å²) >= 11 is 0. The van der Waals surface area contributed by atoms with Crippen molar-refractivity contribution in [3.63, 3.8) is 0 Å². The number of benzene rings is 1. The molecule has 0 aliphatic rings. The van der Waals surface area contributed by atoms with Crippen LogP contribution < -0.4 is 10.6 Å². The Kier molecular flexibility index (Phi) is 5.58. The van der Waals surface area contributed by atoms with Crippen LogP contribution >= 0.6 is 0 Å². The molecule has 0 aromatic heterocycles. The van der Waals surface area contributed by atoms with E-state index < -0.39 is 20.5 Å². The van der Waals surface area contributed by atoms with Crippen molar-refractivity contribution in [3.8, 4) is 0 Å². The van der Waals surface area contributed by atoms with Gasteiger partial charge in [-0.2, -0.15) is 8.78 Å². The number of nitrogens with one attached hydrogen (secondary N) is 2. The molecular formula is C12H16F2N2O3S. The molecule has 0 spiro atoms. The Morgan fingerprint density at radius 3 is 2.20 bits per heavy atom. The number of anilines is 1. The zero-order valence-electron chi connectivity index (χ0n) is 11.1. The van der Waals surface area contributed by atoms with E-state index in [1.807, 2.05) is 13.8 Å². The Labute approximate surface area is 116 Å². The van der Waals surface area contributed by atoms with Crippen LogP contribution in [0.4, 0.5) is 14.5 Å². The second-order valence-corrected chi connectivity index (χ2v) is 6.33. The summed E-state index contributed by atoms with van der Waals surface area (Å²) in [6.45, 7) is 3.88. The zero-order chi connectivity index (χ0) is 15.3. The highest BCUT2D eigenvalue weighted by molar-refractivity contribution is 7.91. The molecule has 0 unspecified atom stereocenters. The summed E-state index contributed by atoms with van der Waals surface area (Å²) in [5, 5.41) is 5.43. The average molecular weight is 306 g/mol. The quantitative estimate of drug-likeness (QED) is 0.837. The van der Waals surface area contributed by atoms with Crippen LogP contribution in [0.3, 0.4) is 0 Å². The normalized spacial score (nSPS) is 11.9. The summed E-state index contributed by atoms with van der Waals surface area (Å²) < 4.78 is 47.0. The molecule has 0 fully saturated rings. The fraction of sp³-hybridized carbons (Fsp3) is 0.417. The second kappa shape index (κ2) is 6.76. The van der Waals surface area contributed by atoms with Gasteiger partial charge >= 0.3 is 5.76 Å². The third-order valence-corrected chi connectivity index (χ3v) is 3.77. The van der Waals surface area contributed by atoms with Crippen molar-refractivity contribution >= 4 is 21.4 Å². The summed E-state index contributed by atoms with van der Waals surface area (Å²) in [5.41, 5.74) is 0.341. The van der Waals surface area contributed by atoms with Gasteiger partial charge in [0.25, 0.3) is 0 Å². The first-order valence-electron chi connectivity index (χ1n) is 5.89. The molecule has 0 heterocycles. The number of carbonyl (C=O) groups excluding carboxylic acids is 1. The summed E-state index contributed by atoms with van der Waals surface area (Å²) in [4.78, 5) is 11.0. The van der Waals surface area contributed by atoms with Crippen molar-refractivity contribution < 1.29 is 22.0 Å². The van der Waals surface area contributed by atoms with Gasteiger partial charge in [0.1, 0.15) is 0 Å².